The van der Waals surface area contributed by atoms with Crippen molar-refractivity contribution in [2.24, 2.45) is 0 Å². The fourth-order valence-corrected chi connectivity index (χ4v) is 1.40. The number of hydrogen-bond acceptors (Lipinski definition) is 4. The number of ether oxygens (including phenoxy) is 1. The zero-order valence-electron chi connectivity index (χ0n) is 9.97. The normalized spacial score (nSPS) is 10.0. The maximum absolute atomic E-state index is 5.04. The maximum atomic E-state index is 5.04. The van der Waals surface area contributed by atoms with Crippen LogP contribution in [0.25, 0.3) is 0 Å². The van der Waals surface area contributed by atoms with Gasteiger partial charge in [-0.05, 0) is 30.7 Å². The third-order valence-corrected chi connectivity index (χ3v) is 2.42. The van der Waals surface area contributed by atoms with E-state index in [4.69, 9.17) is 4.74 Å². The zero-order valence-corrected chi connectivity index (χ0v) is 9.97. The molecule has 0 spiro atoms. The number of anilines is 1. The number of nitrogens with one attached hydrogen (secondary N) is 1. The number of aryl methyl sites for hydroxylation is 1. The van der Waals surface area contributed by atoms with Crippen molar-refractivity contribution in [1.82, 2.24) is 9.97 Å². The first-order valence-corrected chi connectivity index (χ1v) is 5.43. The van der Waals surface area contributed by atoms with E-state index in [0.717, 1.165) is 22.8 Å². The molecule has 0 aliphatic rings. The van der Waals surface area contributed by atoms with Crippen LogP contribution in [0.4, 0.5) is 5.82 Å². The standard InChI is InChI=1S/C13H15N3O/c1-10-3-4-11(7-14-10)8-15-13-6-5-12(17-2)9-16-13/h3-7,9H,8H2,1-2H3,(H,15,16). The van der Waals surface area contributed by atoms with Crippen molar-refractivity contribution in [1.29, 1.82) is 0 Å². The van der Waals surface area contributed by atoms with Crippen LogP contribution < -0.4 is 10.1 Å². The Labute approximate surface area is 101 Å². The van der Waals surface area contributed by atoms with Crippen molar-refractivity contribution < 1.29 is 4.74 Å². The van der Waals surface area contributed by atoms with Crippen molar-refractivity contribution in [3.8, 4) is 5.75 Å². The summed E-state index contributed by atoms with van der Waals surface area (Å²) in [5.41, 5.74) is 2.16. The summed E-state index contributed by atoms with van der Waals surface area (Å²) in [5, 5.41) is 3.23. The molecule has 2 aromatic rings. The average Bonchev–Trinajstić information content (AvgIpc) is 2.39. The highest BCUT2D eigenvalue weighted by Crippen LogP contribution is 2.12. The maximum Gasteiger partial charge on any atom is 0.137 e. The van der Waals surface area contributed by atoms with Crippen molar-refractivity contribution >= 4 is 5.82 Å². The molecule has 0 saturated carbocycles. The molecule has 17 heavy (non-hydrogen) atoms. The molecule has 1 N–H and O–H groups in total. The van der Waals surface area contributed by atoms with Crippen molar-refractivity contribution in [2.75, 3.05) is 12.4 Å². The van der Waals surface area contributed by atoms with Crippen LogP contribution in [0.5, 0.6) is 5.75 Å². The van der Waals surface area contributed by atoms with Gasteiger partial charge >= 0.3 is 0 Å². The summed E-state index contributed by atoms with van der Waals surface area (Å²) in [5.74, 6) is 1.58. The van der Waals surface area contributed by atoms with E-state index in [2.05, 4.69) is 21.4 Å². The van der Waals surface area contributed by atoms with Gasteiger partial charge < -0.3 is 10.1 Å². The Balaban J connectivity index is 1.95. The largest absolute Gasteiger partial charge is 0.495 e. The topological polar surface area (TPSA) is 47.0 Å². The molecule has 2 aromatic heterocycles. The van der Waals surface area contributed by atoms with E-state index >= 15 is 0 Å². The second-order valence-corrected chi connectivity index (χ2v) is 3.74. The molecule has 0 aliphatic heterocycles. The van der Waals surface area contributed by atoms with Gasteiger partial charge in [0, 0.05) is 18.4 Å². The third kappa shape index (κ3) is 3.17. The van der Waals surface area contributed by atoms with E-state index < -0.39 is 0 Å². The van der Waals surface area contributed by atoms with Gasteiger partial charge in [-0.15, -0.1) is 0 Å². The average molecular weight is 229 g/mol. The lowest BCUT2D eigenvalue weighted by Gasteiger charge is -2.06. The van der Waals surface area contributed by atoms with Gasteiger partial charge in [-0.3, -0.25) is 4.98 Å². The van der Waals surface area contributed by atoms with E-state index in [1.165, 1.54) is 0 Å². The Bertz CT molecular complexity index is 465. The molecule has 0 radical (unpaired) electrons. The van der Waals surface area contributed by atoms with Crippen LogP contribution in [0.1, 0.15) is 11.3 Å². The molecular formula is C13H15N3O. The minimum Gasteiger partial charge on any atom is -0.495 e. The molecule has 0 bridgehead atoms. The van der Waals surface area contributed by atoms with Gasteiger partial charge in [0.1, 0.15) is 11.6 Å². The molecule has 0 saturated heterocycles. The number of methoxy groups -OCH3 is 1. The van der Waals surface area contributed by atoms with Gasteiger partial charge in [-0.1, -0.05) is 6.07 Å². The quantitative estimate of drug-likeness (QED) is 0.874. The minimum atomic E-state index is 0.715. The predicted molar refractivity (Wildman–Crippen MR) is 67.1 cm³/mol. The Morgan fingerprint density at radius 2 is 2.00 bits per heavy atom. The molecule has 0 fully saturated rings. The third-order valence-electron chi connectivity index (χ3n) is 2.42. The number of nitrogens with zero attached hydrogens (tertiary/aromatic N) is 2. The Kier molecular flexibility index (Phi) is 3.55. The summed E-state index contributed by atoms with van der Waals surface area (Å²) in [6.07, 6.45) is 3.56. The lowest BCUT2D eigenvalue weighted by Crippen LogP contribution is -2.01. The van der Waals surface area contributed by atoms with Crippen LogP contribution in [0.3, 0.4) is 0 Å². The molecular weight excluding hydrogens is 214 g/mol. The SMILES string of the molecule is COc1ccc(NCc2ccc(C)nc2)nc1. The first kappa shape index (κ1) is 11.4. The van der Waals surface area contributed by atoms with Crippen molar-refractivity contribution in [3.05, 3.63) is 47.9 Å². The van der Waals surface area contributed by atoms with Crippen LogP contribution in [0.2, 0.25) is 0 Å². The van der Waals surface area contributed by atoms with E-state index in [0.29, 0.717) is 6.54 Å². The highest BCUT2D eigenvalue weighted by Gasteiger charge is 1.96. The van der Waals surface area contributed by atoms with E-state index in [1.807, 2.05) is 31.3 Å². The molecule has 2 heterocycles. The van der Waals surface area contributed by atoms with Crippen LogP contribution >= 0.6 is 0 Å². The molecule has 0 aromatic carbocycles. The van der Waals surface area contributed by atoms with Crippen LogP contribution in [0.15, 0.2) is 36.7 Å². The Hall–Kier alpha value is -2.10. The number of hydrogen-bond donors (Lipinski definition) is 1. The fourth-order valence-electron chi connectivity index (χ4n) is 1.40. The second kappa shape index (κ2) is 5.30. The number of aromatic nitrogens is 2. The summed E-state index contributed by atoms with van der Waals surface area (Å²) >= 11 is 0. The Morgan fingerprint density at radius 1 is 1.12 bits per heavy atom. The molecule has 0 amide bonds. The minimum absolute atomic E-state index is 0.715. The van der Waals surface area contributed by atoms with Gasteiger partial charge in [0.25, 0.3) is 0 Å². The van der Waals surface area contributed by atoms with Crippen molar-refractivity contribution in [2.45, 2.75) is 13.5 Å². The lowest BCUT2D eigenvalue weighted by atomic mass is 10.2. The van der Waals surface area contributed by atoms with Gasteiger partial charge in [-0.2, -0.15) is 0 Å². The van der Waals surface area contributed by atoms with Crippen LogP contribution in [-0.2, 0) is 6.54 Å². The monoisotopic (exact) mass is 229 g/mol. The van der Waals surface area contributed by atoms with Crippen molar-refractivity contribution in [3.63, 3.8) is 0 Å². The van der Waals surface area contributed by atoms with Gasteiger partial charge in [0.2, 0.25) is 0 Å². The van der Waals surface area contributed by atoms with E-state index in [1.54, 1.807) is 13.3 Å². The molecule has 4 nitrogen and oxygen atoms in total. The van der Waals surface area contributed by atoms with E-state index in [-0.39, 0.29) is 0 Å². The summed E-state index contributed by atoms with van der Waals surface area (Å²) in [6.45, 7) is 2.69. The molecule has 0 atom stereocenters. The van der Waals surface area contributed by atoms with Crippen LogP contribution in [0, 0.1) is 6.92 Å². The summed E-state index contributed by atoms with van der Waals surface area (Å²) in [7, 11) is 1.63. The lowest BCUT2D eigenvalue weighted by molar-refractivity contribution is 0.413. The number of pyridine rings is 2. The fraction of sp³-hybridized carbons (Fsp3) is 0.231. The molecule has 88 valence electrons. The summed E-state index contributed by atoms with van der Waals surface area (Å²) in [4.78, 5) is 8.46. The van der Waals surface area contributed by atoms with Gasteiger partial charge in [-0.25, -0.2) is 4.98 Å². The molecule has 4 heteroatoms. The highest BCUT2D eigenvalue weighted by molar-refractivity contribution is 5.38. The van der Waals surface area contributed by atoms with E-state index in [9.17, 15) is 0 Å². The first-order valence-electron chi connectivity index (χ1n) is 5.43. The smallest absolute Gasteiger partial charge is 0.137 e. The first-order chi connectivity index (χ1) is 8.28. The summed E-state index contributed by atoms with van der Waals surface area (Å²) in [6, 6.07) is 7.82. The summed E-state index contributed by atoms with van der Waals surface area (Å²) < 4.78 is 5.04. The molecule has 0 unspecified atom stereocenters. The van der Waals surface area contributed by atoms with Crippen LogP contribution in [-0.4, -0.2) is 17.1 Å². The zero-order chi connectivity index (χ0) is 12.1. The highest BCUT2D eigenvalue weighted by atomic mass is 16.5. The molecule has 2 rings (SSSR count). The van der Waals surface area contributed by atoms with Gasteiger partial charge in [0.05, 0.1) is 13.3 Å². The predicted octanol–water partition coefficient (Wildman–Crippen LogP) is 2.41. The second-order valence-electron chi connectivity index (χ2n) is 3.74. The number of rotatable bonds is 4. The van der Waals surface area contributed by atoms with Gasteiger partial charge in [0.15, 0.2) is 0 Å². The Morgan fingerprint density at radius 3 is 2.59 bits per heavy atom. The molecule has 0 aliphatic carbocycles.